The predicted molar refractivity (Wildman–Crippen MR) is 83.1 cm³/mol. The number of aromatic nitrogens is 1. The van der Waals surface area contributed by atoms with Gasteiger partial charge in [0.05, 0.1) is 11.1 Å². The third-order valence-corrected chi connectivity index (χ3v) is 3.89. The number of rotatable bonds is 6. The molecule has 2 aromatic rings. The summed E-state index contributed by atoms with van der Waals surface area (Å²) < 4.78 is 6.22. The van der Waals surface area contributed by atoms with Gasteiger partial charge in [0.25, 0.3) is 11.6 Å². The molecule has 0 fully saturated rings. The van der Waals surface area contributed by atoms with Crippen LogP contribution < -0.4 is 0 Å². The topological polar surface area (TPSA) is 94.7 Å². The predicted octanol–water partition coefficient (Wildman–Crippen LogP) is 1.81. The maximum Gasteiger partial charge on any atom is 0.355 e. The molecule has 0 N–H and O–H groups in total. The lowest BCUT2D eigenvalue weighted by Crippen LogP contribution is -2.30. The van der Waals surface area contributed by atoms with Gasteiger partial charge < -0.3 is 14.2 Å². The molecule has 8 nitrogen and oxygen atoms in total. The molecule has 9 heteroatoms. The Labute approximate surface area is 136 Å². The number of aryl methyl sites for hydroxylation is 1. The second-order valence-corrected chi connectivity index (χ2v) is 5.69. The maximum absolute atomic E-state index is 11.9. The number of hydrogen-bond acceptors (Lipinski definition) is 6. The average Bonchev–Trinajstić information content (AvgIpc) is 3.13. The van der Waals surface area contributed by atoms with Crippen molar-refractivity contribution in [2.45, 2.75) is 6.54 Å². The van der Waals surface area contributed by atoms with E-state index in [0.717, 1.165) is 11.6 Å². The van der Waals surface area contributed by atoms with Gasteiger partial charge in [0.15, 0.2) is 6.61 Å². The highest BCUT2D eigenvalue weighted by atomic mass is 32.1. The van der Waals surface area contributed by atoms with Gasteiger partial charge in [-0.15, -0.1) is 0 Å². The highest BCUT2D eigenvalue weighted by molar-refractivity contribution is 7.07. The van der Waals surface area contributed by atoms with Gasteiger partial charge in [0, 0.05) is 26.7 Å². The van der Waals surface area contributed by atoms with Crippen LogP contribution in [0, 0.1) is 10.1 Å². The molecule has 2 aromatic heterocycles. The van der Waals surface area contributed by atoms with Crippen molar-refractivity contribution in [3.8, 4) is 0 Å². The molecule has 1 amide bonds. The number of hydrogen-bond donors (Lipinski definition) is 0. The summed E-state index contributed by atoms with van der Waals surface area (Å²) >= 11 is 1.53. The minimum atomic E-state index is -0.780. The molecular weight excluding hydrogens is 322 g/mol. The highest BCUT2D eigenvalue weighted by Crippen LogP contribution is 2.16. The number of likely N-dealkylation sites (N-methyl/N-ethyl adjacent to an activating group) is 1. The molecule has 0 saturated carbocycles. The SMILES string of the molecule is CN(Cc1ccsc1)C(=O)COC(=O)c1cc([N+](=O)[O-])cn1C. The fourth-order valence-corrected chi connectivity index (χ4v) is 2.57. The zero-order valence-corrected chi connectivity index (χ0v) is 13.4. The molecule has 0 aliphatic heterocycles. The van der Waals surface area contributed by atoms with Crippen LogP contribution in [0.3, 0.4) is 0 Å². The van der Waals surface area contributed by atoms with E-state index in [1.807, 2.05) is 16.8 Å². The number of thiophene rings is 1. The number of nitro groups is 1. The molecule has 0 unspecified atom stereocenters. The van der Waals surface area contributed by atoms with Crippen LogP contribution in [-0.4, -0.2) is 39.9 Å². The van der Waals surface area contributed by atoms with Crippen molar-refractivity contribution < 1.29 is 19.2 Å². The summed E-state index contributed by atoms with van der Waals surface area (Å²) in [5.41, 5.74) is 0.806. The van der Waals surface area contributed by atoms with E-state index in [4.69, 9.17) is 4.74 Å². The summed E-state index contributed by atoms with van der Waals surface area (Å²) in [6, 6.07) is 3.02. The van der Waals surface area contributed by atoms with Crippen LogP contribution in [0.2, 0.25) is 0 Å². The normalized spacial score (nSPS) is 10.3. The summed E-state index contributed by atoms with van der Waals surface area (Å²) in [5, 5.41) is 14.5. The van der Waals surface area contributed by atoms with E-state index in [-0.39, 0.29) is 17.3 Å². The Kier molecular flexibility index (Phi) is 5.12. The van der Waals surface area contributed by atoms with E-state index in [9.17, 15) is 19.7 Å². The highest BCUT2D eigenvalue weighted by Gasteiger charge is 2.20. The van der Waals surface area contributed by atoms with E-state index in [1.165, 1.54) is 34.0 Å². The zero-order valence-electron chi connectivity index (χ0n) is 12.6. The van der Waals surface area contributed by atoms with E-state index < -0.39 is 17.5 Å². The van der Waals surface area contributed by atoms with Crippen molar-refractivity contribution in [1.29, 1.82) is 0 Å². The Morgan fingerprint density at radius 1 is 1.48 bits per heavy atom. The molecule has 0 aromatic carbocycles. The summed E-state index contributed by atoms with van der Waals surface area (Å²) in [6.45, 7) is 0.00790. The molecule has 0 bridgehead atoms. The molecule has 0 spiro atoms. The van der Waals surface area contributed by atoms with Crippen molar-refractivity contribution in [3.63, 3.8) is 0 Å². The van der Waals surface area contributed by atoms with Crippen molar-refractivity contribution >= 4 is 28.9 Å². The van der Waals surface area contributed by atoms with E-state index >= 15 is 0 Å². The lowest BCUT2D eigenvalue weighted by atomic mass is 10.3. The molecule has 0 aliphatic carbocycles. The summed E-state index contributed by atoms with van der Waals surface area (Å²) in [6.07, 6.45) is 1.21. The van der Waals surface area contributed by atoms with Gasteiger partial charge in [-0.05, 0) is 22.4 Å². The first-order valence-electron chi connectivity index (χ1n) is 6.61. The van der Waals surface area contributed by atoms with E-state index in [0.29, 0.717) is 6.54 Å². The van der Waals surface area contributed by atoms with Crippen molar-refractivity contribution in [2.75, 3.05) is 13.7 Å². The lowest BCUT2D eigenvalue weighted by molar-refractivity contribution is -0.384. The Hall–Kier alpha value is -2.68. The molecule has 2 heterocycles. The van der Waals surface area contributed by atoms with Crippen molar-refractivity contribution in [3.05, 3.63) is 50.5 Å². The van der Waals surface area contributed by atoms with Crippen molar-refractivity contribution in [1.82, 2.24) is 9.47 Å². The van der Waals surface area contributed by atoms with Gasteiger partial charge in [-0.3, -0.25) is 14.9 Å². The Morgan fingerprint density at radius 2 is 2.22 bits per heavy atom. The molecular formula is C14H15N3O5S. The van der Waals surface area contributed by atoms with Gasteiger partial charge in [-0.2, -0.15) is 11.3 Å². The maximum atomic E-state index is 11.9. The third kappa shape index (κ3) is 4.16. The van der Waals surface area contributed by atoms with Gasteiger partial charge in [-0.1, -0.05) is 0 Å². The second kappa shape index (κ2) is 7.05. The summed E-state index contributed by atoms with van der Waals surface area (Å²) in [5.74, 6) is -1.13. The molecule has 0 atom stereocenters. The lowest BCUT2D eigenvalue weighted by Gasteiger charge is -2.16. The Morgan fingerprint density at radius 3 is 2.78 bits per heavy atom. The first kappa shape index (κ1) is 16.7. The quantitative estimate of drug-likeness (QED) is 0.455. The summed E-state index contributed by atoms with van der Waals surface area (Å²) in [4.78, 5) is 35.4. The van der Waals surface area contributed by atoms with Crippen LogP contribution in [0.1, 0.15) is 16.1 Å². The fourth-order valence-electron chi connectivity index (χ4n) is 1.91. The van der Waals surface area contributed by atoms with Crippen LogP contribution in [0.25, 0.3) is 0 Å². The number of carbonyl (C=O) groups is 2. The molecule has 122 valence electrons. The standard InChI is InChI=1S/C14H15N3O5S/c1-15-7-11(17(20)21)5-12(15)14(19)22-8-13(18)16(2)6-10-3-4-23-9-10/h3-5,7,9H,6,8H2,1-2H3. The van der Waals surface area contributed by atoms with Gasteiger partial charge in [0.1, 0.15) is 5.69 Å². The largest absolute Gasteiger partial charge is 0.451 e. The van der Waals surface area contributed by atoms with Crippen LogP contribution in [-0.2, 0) is 23.1 Å². The number of amides is 1. The zero-order chi connectivity index (χ0) is 17.0. The van der Waals surface area contributed by atoms with Crippen LogP contribution in [0.4, 0.5) is 5.69 Å². The second-order valence-electron chi connectivity index (χ2n) is 4.91. The third-order valence-electron chi connectivity index (χ3n) is 3.16. The molecule has 0 aliphatic rings. The smallest absolute Gasteiger partial charge is 0.355 e. The van der Waals surface area contributed by atoms with Gasteiger partial charge in [0.2, 0.25) is 0 Å². The monoisotopic (exact) mass is 337 g/mol. The Balaban J connectivity index is 1.90. The number of esters is 1. The Bertz CT molecular complexity index is 723. The molecule has 2 rings (SSSR count). The van der Waals surface area contributed by atoms with Crippen LogP contribution in [0.5, 0.6) is 0 Å². The van der Waals surface area contributed by atoms with Crippen molar-refractivity contribution in [2.24, 2.45) is 7.05 Å². The number of ether oxygens (including phenoxy) is 1. The number of nitrogens with zero attached hydrogens (tertiary/aromatic N) is 3. The molecule has 23 heavy (non-hydrogen) atoms. The first-order chi connectivity index (χ1) is 10.9. The van der Waals surface area contributed by atoms with Gasteiger partial charge in [-0.25, -0.2) is 4.79 Å². The first-order valence-corrected chi connectivity index (χ1v) is 7.55. The fraction of sp³-hybridized carbons (Fsp3) is 0.286. The summed E-state index contributed by atoms with van der Waals surface area (Å²) in [7, 11) is 3.11. The molecule has 0 radical (unpaired) electrons. The van der Waals surface area contributed by atoms with E-state index in [1.54, 1.807) is 7.05 Å². The van der Waals surface area contributed by atoms with Crippen LogP contribution >= 0.6 is 11.3 Å². The van der Waals surface area contributed by atoms with Crippen LogP contribution in [0.15, 0.2) is 29.1 Å². The average molecular weight is 337 g/mol. The van der Waals surface area contributed by atoms with Gasteiger partial charge >= 0.3 is 5.97 Å². The molecule has 0 saturated heterocycles. The number of carbonyl (C=O) groups excluding carboxylic acids is 2. The minimum absolute atomic E-state index is 0.0185. The minimum Gasteiger partial charge on any atom is -0.451 e. The van der Waals surface area contributed by atoms with E-state index in [2.05, 4.69) is 0 Å².